The molecule has 0 aromatic carbocycles. The van der Waals surface area contributed by atoms with Crippen molar-refractivity contribution in [3.05, 3.63) is 11.6 Å². The van der Waals surface area contributed by atoms with Gasteiger partial charge >= 0.3 is 0 Å². The highest BCUT2D eigenvalue weighted by Gasteiger charge is 2.01. The highest BCUT2D eigenvalue weighted by molar-refractivity contribution is 4.97. The van der Waals surface area contributed by atoms with Crippen LogP contribution in [0.15, 0.2) is 11.6 Å². The van der Waals surface area contributed by atoms with Crippen molar-refractivity contribution in [1.82, 2.24) is 0 Å². The van der Waals surface area contributed by atoms with Crippen molar-refractivity contribution in [2.45, 2.75) is 111 Å². The minimum absolute atomic E-state index is 0.914. The van der Waals surface area contributed by atoms with Crippen molar-refractivity contribution >= 4 is 0 Å². The number of allylic oxidation sites excluding steroid dienone is 2. The van der Waals surface area contributed by atoms with Gasteiger partial charge in [0.1, 0.15) is 0 Å². The smallest absolute Gasteiger partial charge is 0.0321 e. The first-order valence-corrected chi connectivity index (χ1v) is 9.36. The Hall–Kier alpha value is -0.260. The van der Waals surface area contributed by atoms with Crippen molar-refractivity contribution in [2.24, 2.45) is 5.92 Å². The Balaban J connectivity index is 3.41. The lowest BCUT2D eigenvalue weighted by molar-refractivity contribution is 0.471. The minimum Gasteiger partial charge on any atom is -0.0856 e. The van der Waals surface area contributed by atoms with E-state index in [9.17, 15) is 0 Å². The molecule has 0 amide bonds. The maximum absolute atomic E-state index is 2.50. The highest BCUT2D eigenvalue weighted by atomic mass is 14.1. The normalized spacial score (nSPS) is 13.7. The summed E-state index contributed by atoms with van der Waals surface area (Å²) in [6, 6.07) is 0. The predicted molar refractivity (Wildman–Crippen MR) is 94.3 cm³/mol. The molecule has 0 saturated heterocycles. The van der Waals surface area contributed by atoms with Crippen LogP contribution >= 0.6 is 0 Å². The van der Waals surface area contributed by atoms with E-state index in [4.69, 9.17) is 0 Å². The Bertz CT molecular complexity index is 214. The molecule has 120 valence electrons. The SMILES string of the molecule is CCCCCCCCCC=C(C)CCC(C)CCCC. The van der Waals surface area contributed by atoms with E-state index in [0.717, 1.165) is 5.92 Å². The van der Waals surface area contributed by atoms with Gasteiger partial charge in [0.25, 0.3) is 0 Å². The zero-order valence-corrected chi connectivity index (χ0v) is 14.8. The van der Waals surface area contributed by atoms with E-state index >= 15 is 0 Å². The van der Waals surface area contributed by atoms with Gasteiger partial charge in [0.05, 0.1) is 0 Å². The van der Waals surface area contributed by atoms with Crippen LogP contribution < -0.4 is 0 Å². The summed E-state index contributed by atoms with van der Waals surface area (Å²) in [6.45, 7) is 9.32. The molecule has 0 aromatic heterocycles. The van der Waals surface area contributed by atoms with Crippen LogP contribution in [-0.4, -0.2) is 0 Å². The second kappa shape index (κ2) is 15.1. The standard InChI is InChI=1S/C20H40/c1-5-7-9-10-11-12-13-14-16-20(4)18-17-19(3)15-8-6-2/h16,19H,5-15,17-18H2,1-4H3. The molecule has 1 atom stereocenters. The molecule has 0 heterocycles. The van der Waals surface area contributed by atoms with E-state index in [-0.39, 0.29) is 0 Å². The molecule has 0 aromatic rings. The summed E-state index contributed by atoms with van der Waals surface area (Å²) >= 11 is 0. The summed E-state index contributed by atoms with van der Waals surface area (Å²) in [6.07, 6.45) is 20.6. The molecule has 0 aliphatic heterocycles. The summed E-state index contributed by atoms with van der Waals surface area (Å²) in [5, 5.41) is 0. The van der Waals surface area contributed by atoms with Gasteiger partial charge in [-0.15, -0.1) is 0 Å². The first kappa shape index (κ1) is 19.7. The monoisotopic (exact) mass is 280 g/mol. The molecule has 0 rings (SSSR count). The zero-order chi connectivity index (χ0) is 15.1. The molecule has 0 radical (unpaired) electrons. The highest BCUT2D eigenvalue weighted by Crippen LogP contribution is 2.18. The molecule has 0 nitrogen and oxygen atoms in total. The zero-order valence-electron chi connectivity index (χ0n) is 14.8. The third kappa shape index (κ3) is 14.2. The Morgan fingerprint density at radius 3 is 2.05 bits per heavy atom. The average molecular weight is 281 g/mol. The van der Waals surface area contributed by atoms with Gasteiger partial charge in [0.2, 0.25) is 0 Å². The van der Waals surface area contributed by atoms with Crippen molar-refractivity contribution in [1.29, 1.82) is 0 Å². The van der Waals surface area contributed by atoms with Crippen LogP contribution in [0.4, 0.5) is 0 Å². The molecule has 20 heavy (non-hydrogen) atoms. The summed E-state index contributed by atoms with van der Waals surface area (Å²) < 4.78 is 0. The van der Waals surface area contributed by atoms with Crippen molar-refractivity contribution in [3.8, 4) is 0 Å². The molecular formula is C20H40. The fraction of sp³-hybridized carbons (Fsp3) is 0.900. The molecule has 0 fully saturated rings. The first-order chi connectivity index (χ1) is 9.70. The van der Waals surface area contributed by atoms with Crippen molar-refractivity contribution in [3.63, 3.8) is 0 Å². The van der Waals surface area contributed by atoms with Crippen LogP contribution in [0.5, 0.6) is 0 Å². The molecule has 0 spiro atoms. The lowest BCUT2D eigenvalue weighted by Gasteiger charge is -2.10. The fourth-order valence-corrected chi connectivity index (χ4v) is 2.72. The Labute approximate surface area is 129 Å². The van der Waals surface area contributed by atoms with Crippen LogP contribution in [0, 0.1) is 5.92 Å². The number of rotatable bonds is 14. The second-order valence-corrected chi connectivity index (χ2v) is 6.75. The Morgan fingerprint density at radius 1 is 0.800 bits per heavy atom. The minimum atomic E-state index is 0.914. The quantitative estimate of drug-likeness (QED) is 0.226. The molecular weight excluding hydrogens is 240 g/mol. The Kier molecular flexibility index (Phi) is 14.9. The van der Waals surface area contributed by atoms with E-state index in [1.807, 2.05) is 0 Å². The number of hydrogen-bond donors (Lipinski definition) is 0. The maximum Gasteiger partial charge on any atom is -0.0321 e. The van der Waals surface area contributed by atoms with Gasteiger partial charge in [-0.3, -0.25) is 0 Å². The van der Waals surface area contributed by atoms with Gasteiger partial charge in [0, 0.05) is 0 Å². The van der Waals surface area contributed by atoms with E-state index < -0.39 is 0 Å². The summed E-state index contributed by atoms with van der Waals surface area (Å²) in [4.78, 5) is 0. The predicted octanol–water partition coefficient (Wildman–Crippen LogP) is 7.68. The van der Waals surface area contributed by atoms with Crippen LogP contribution in [0.2, 0.25) is 0 Å². The second-order valence-electron chi connectivity index (χ2n) is 6.75. The Morgan fingerprint density at radius 2 is 1.40 bits per heavy atom. The third-order valence-electron chi connectivity index (χ3n) is 4.38. The molecule has 0 aliphatic rings. The van der Waals surface area contributed by atoms with Gasteiger partial charge in [-0.2, -0.15) is 0 Å². The van der Waals surface area contributed by atoms with E-state index in [2.05, 4.69) is 33.8 Å². The van der Waals surface area contributed by atoms with Crippen molar-refractivity contribution < 1.29 is 0 Å². The largest absolute Gasteiger partial charge is 0.0856 e. The summed E-state index contributed by atoms with van der Waals surface area (Å²) in [7, 11) is 0. The van der Waals surface area contributed by atoms with Gasteiger partial charge in [-0.05, 0) is 38.5 Å². The van der Waals surface area contributed by atoms with Gasteiger partial charge < -0.3 is 0 Å². The number of hydrogen-bond acceptors (Lipinski definition) is 0. The number of unbranched alkanes of at least 4 members (excludes halogenated alkanes) is 8. The molecule has 0 saturated carbocycles. The van der Waals surface area contributed by atoms with Gasteiger partial charge in [-0.1, -0.05) is 90.2 Å². The van der Waals surface area contributed by atoms with Gasteiger partial charge in [-0.25, -0.2) is 0 Å². The van der Waals surface area contributed by atoms with E-state index in [1.165, 1.54) is 83.5 Å². The average Bonchev–Trinajstić information content (AvgIpc) is 2.45. The molecule has 0 aliphatic carbocycles. The molecule has 1 unspecified atom stereocenters. The van der Waals surface area contributed by atoms with E-state index in [1.54, 1.807) is 5.57 Å². The topological polar surface area (TPSA) is 0 Å². The lowest BCUT2D eigenvalue weighted by atomic mass is 9.96. The van der Waals surface area contributed by atoms with E-state index in [0.29, 0.717) is 0 Å². The van der Waals surface area contributed by atoms with Crippen LogP contribution in [-0.2, 0) is 0 Å². The van der Waals surface area contributed by atoms with Gasteiger partial charge in [0.15, 0.2) is 0 Å². The maximum atomic E-state index is 2.50. The molecule has 0 bridgehead atoms. The molecule has 0 heteroatoms. The van der Waals surface area contributed by atoms with Crippen molar-refractivity contribution in [2.75, 3.05) is 0 Å². The first-order valence-electron chi connectivity index (χ1n) is 9.36. The lowest BCUT2D eigenvalue weighted by Crippen LogP contribution is -1.95. The fourth-order valence-electron chi connectivity index (χ4n) is 2.72. The van der Waals surface area contributed by atoms with Crippen LogP contribution in [0.3, 0.4) is 0 Å². The summed E-state index contributed by atoms with van der Waals surface area (Å²) in [5.41, 5.74) is 1.62. The molecule has 0 N–H and O–H groups in total. The third-order valence-corrected chi connectivity index (χ3v) is 4.38. The summed E-state index contributed by atoms with van der Waals surface area (Å²) in [5.74, 6) is 0.914. The van der Waals surface area contributed by atoms with Crippen LogP contribution in [0.1, 0.15) is 111 Å². The van der Waals surface area contributed by atoms with Crippen LogP contribution in [0.25, 0.3) is 0 Å².